The summed E-state index contributed by atoms with van der Waals surface area (Å²) in [5, 5.41) is 3.27. The smallest absolute Gasteiger partial charge is 0.150 e. The molecule has 0 saturated carbocycles. The third kappa shape index (κ3) is 3.29. The van der Waals surface area contributed by atoms with Crippen LogP contribution in [0.3, 0.4) is 0 Å². The van der Waals surface area contributed by atoms with E-state index in [1.807, 2.05) is 54.6 Å². The third-order valence-electron chi connectivity index (χ3n) is 2.44. The molecule has 0 fully saturated rings. The molecule has 0 saturated heterocycles. The predicted octanol–water partition coefficient (Wildman–Crippen LogP) is 3.91. The largest absolute Gasteiger partial charge is 0.455 e. The minimum atomic E-state index is 0.694. The Morgan fingerprint density at radius 3 is 2.50 bits per heavy atom. The molecule has 0 aliphatic rings. The molecular formula is C16H15NO. The average molecular weight is 237 g/mol. The van der Waals surface area contributed by atoms with Crippen molar-refractivity contribution >= 4 is 5.69 Å². The Hall–Kier alpha value is -2.40. The van der Waals surface area contributed by atoms with Crippen LogP contribution in [0, 0.1) is 12.3 Å². The minimum absolute atomic E-state index is 0.694. The lowest BCUT2D eigenvalue weighted by atomic mass is 10.2. The van der Waals surface area contributed by atoms with Crippen molar-refractivity contribution in [2.45, 2.75) is 6.42 Å². The molecule has 0 amide bonds. The summed E-state index contributed by atoms with van der Waals surface area (Å²) in [6.07, 6.45) is 5.93. The molecule has 18 heavy (non-hydrogen) atoms. The fourth-order valence-corrected chi connectivity index (χ4v) is 1.59. The van der Waals surface area contributed by atoms with Crippen molar-refractivity contribution in [3.8, 4) is 23.8 Å². The standard InChI is InChI=1S/C16H15NO/c1-2-3-13-17-15-11-7-8-12-16(15)18-14-9-5-4-6-10-14/h1,4-12,17H,3,13H2. The van der Waals surface area contributed by atoms with Crippen LogP contribution >= 0.6 is 0 Å². The number of hydrogen-bond donors (Lipinski definition) is 1. The molecule has 0 bridgehead atoms. The number of nitrogens with one attached hydrogen (secondary N) is 1. The van der Waals surface area contributed by atoms with Crippen LogP contribution in [0.2, 0.25) is 0 Å². The lowest BCUT2D eigenvalue weighted by molar-refractivity contribution is 0.484. The van der Waals surface area contributed by atoms with Gasteiger partial charge in [-0.2, -0.15) is 0 Å². The van der Waals surface area contributed by atoms with Gasteiger partial charge in [-0.15, -0.1) is 12.3 Å². The first kappa shape index (κ1) is 12.1. The molecule has 2 aromatic carbocycles. The van der Waals surface area contributed by atoms with Gasteiger partial charge in [0.1, 0.15) is 5.75 Å². The van der Waals surface area contributed by atoms with Crippen molar-refractivity contribution < 1.29 is 4.74 Å². The summed E-state index contributed by atoms with van der Waals surface area (Å²) in [6.45, 7) is 0.742. The zero-order valence-electron chi connectivity index (χ0n) is 10.1. The van der Waals surface area contributed by atoms with Gasteiger partial charge in [-0.1, -0.05) is 30.3 Å². The van der Waals surface area contributed by atoms with Gasteiger partial charge in [0.2, 0.25) is 0 Å². The number of para-hydroxylation sites is 3. The summed E-state index contributed by atoms with van der Waals surface area (Å²) in [5.74, 6) is 4.23. The highest BCUT2D eigenvalue weighted by Crippen LogP contribution is 2.28. The molecular weight excluding hydrogens is 222 g/mol. The quantitative estimate of drug-likeness (QED) is 0.628. The van der Waals surface area contributed by atoms with Crippen molar-refractivity contribution in [3.63, 3.8) is 0 Å². The Morgan fingerprint density at radius 2 is 1.72 bits per heavy atom. The van der Waals surface area contributed by atoms with Crippen molar-refractivity contribution in [3.05, 3.63) is 54.6 Å². The zero-order chi connectivity index (χ0) is 12.6. The molecule has 0 atom stereocenters. The van der Waals surface area contributed by atoms with E-state index in [0.29, 0.717) is 6.42 Å². The van der Waals surface area contributed by atoms with Crippen molar-refractivity contribution in [1.29, 1.82) is 0 Å². The van der Waals surface area contributed by atoms with E-state index in [-0.39, 0.29) is 0 Å². The van der Waals surface area contributed by atoms with Gasteiger partial charge in [0.25, 0.3) is 0 Å². The molecule has 2 heteroatoms. The van der Waals surface area contributed by atoms with Gasteiger partial charge in [0.05, 0.1) is 5.69 Å². The minimum Gasteiger partial charge on any atom is -0.455 e. The van der Waals surface area contributed by atoms with Crippen LogP contribution in [-0.2, 0) is 0 Å². The normalized spacial score (nSPS) is 9.50. The van der Waals surface area contributed by atoms with Crippen LogP contribution in [0.15, 0.2) is 54.6 Å². The van der Waals surface area contributed by atoms with Gasteiger partial charge in [0.15, 0.2) is 5.75 Å². The first-order chi connectivity index (χ1) is 8.90. The van der Waals surface area contributed by atoms with Crippen LogP contribution in [0.1, 0.15) is 6.42 Å². The highest BCUT2D eigenvalue weighted by molar-refractivity contribution is 5.57. The van der Waals surface area contributed by atoms with Gasteiger partial charge < -0.3 is 10.1 Å². The fourth-order valence-electron chi connectivity index (χ4n) is 1.59. The van der Waals surface area contributed by atoms with Crippen LogP contribution in [0.25, 0.3) is 0 Å². The highest BCUT2D eigenvalue weighted by Gasteiger charge is 2.02. The first-order valence-electron chi connectivity index (χ1n) is 5.89. The summed E-state index contributed by atoms with van der Waals surface area (Å²) in [4.78, 5) is 0. The van der Waals surface area contributed by atoms with Crippen molar-refractivity contribution in [2.24, 2.45) is 0 Å². The van der Waals surface area contributed by atoms with E-state index in [9.17, 15) is 0 Å². The fraction of sp³-hybridized carbons (Fsp3) is 0.125. The van der Waals surface area contributed by atoms with Crippen LogP contribution in [0.4, 0.5) is 5.69 Å². The maximum Gasteiger partial charge on any atom is 0.150 e. The summed E-state index contributed by atoms with van der Waals surface area (Å²) >= 11 is 0. The van der Waals surface area contributed by atoms with Gasteiger partial charge in [-0.3, -0.25) is 0 Å². The second kappa shape index (κ2) is 6.36. The molecule has 0 radical (unpaired) electrons. The predicted molar refractivity (Wildman–Crippen MR) is 74.9 cm³/mol. The molecule has 0 spiro atoms. The first-order valence-corrected chi connectivity index (χ1v) is 5.89. The second-order valence-corrected chi connectivity index (χ2v) is 3.79. The lowest BCUT2D eigenvalue weighted by Crippen LogP contribution is -2.01. The number of hydrogen-bond acceptors (Lipinski definition) is 2. The molecule has 0 unspecified atom stereocenters. The van der Waals surface area contributed by atoms with Crippen LogP contribution in [0.5, 0.6) is 11.5 Å². The molecule has 0 heterocycles. The molecule has 2 aromatic rings. The number of ether oxygens (including phenoxy) is 1. The Bertz CT molecular complexity index is 528. The van der Waals surface area contributed by atoms with Crippen LogP contribution in [-0.4, -0.2) is 6.54 Å². The SMILES string of the molecule is C#CCCNc1ccccc1Oc1ccccc1. The number of rotatable bonds is 5. The van der Waals surface area contributed by atoms with Gasteiger partial charge in [-0.25, -0.2) is 0 Å². The Labute approximate surface area is 108 Å². The molecule has 2 rings (SSSR count). The van der Waals surface area contributed by atoms with E-state index in [1.165, 1.54) is 0 Å². The molecule has 2 nitrogen and oxygen atoms in total. The maximum atomic E-state index is 5.83. The molecule has 1 N–H and O–H groups in total. The Balaban J connectivity index is 2.10. The van der Waals surface area contributed by atoms with E-state index in [1.54, 1.807) is 0 Å². The molecule has 0 aliphatic heterocycles. The Morgan fingerprint density at radius 1 is 1.00 bits per heavy atom. The topological polar surface area (TPSA) is 21.3 Å². The summed E-state index contributed by atoms with van der Waals surface area (Å²) < 4.78 is 5.83. The zero-order valence-corrected chi connectivity index (χ0v) is 10.1. The van der Waals surface area contributed by atoms with Crippen molar-refractivity contribution in [2.75, 3.05) is 11.9 Å². The van der Waals surface area contributed by atoms with E-state index in [2.05, 4.69) is 11.2 Å². The Kier molecular flexibility index (Phi) is 4.27. The van der Waals surface area contributed by atoms with E-state index < -0.39 is 0 Å². The number of terminal acetylenes is 1. The molecule has 90 valence electrons. The van der Waals surface area contributed by atoms with Gasteiger partial charge in [0, 0.05) is 13.0 Å². The maximum absolute atomic E-state index is 5.83. The van der Waals surface area contributed by atoms with Gasteiger partial charge >= 0.3 is 0 Å². The van der Waals surface area contributed by atoms with E-state index in [0.717, 1.165) is 23.7 Å². The van der Waals surface area contributed by atoms with Gasteiger partial charge in [-0.05, 0) is 24.3 Å². The summed E-state index contributed by atoms with van der Waals surface area (Å²) in [7, 11) is 0. The lowest BCUT2D eigenvalue weighted by Gasteiger charge is -2.12. The highest BCUT2D eigenvalue weighted by atomic mass is 16.5. The second-order valence-electron chi connectivity index (χ2n) is 3.79. The number of benzene rings is 2. The summed E-state index contributed by atoms with van der Waals surface area (Å²) in [6, 6.07) is 17.6. The van der Waals surface area contributed by atoms with E-state index >= 15 is 0 Å². The van der Waals surface area contributed by atoms with Crippen molar-refractivity contribution in [1.82, 2.24) is 0 Å². The monoisotopic (exact) mass is 237 g/mol. The van der Waals surface area contributed by atoms with E-state index in [4.69, 9.17) is 11.2 Å². The van der Waals surface area contributed by atoms with Crippen LogP contribution < -0.4 is 10.1 Å². The summed E-state index contributed by atoms with van der Waals surface area (Å²) in [5.41, 5.74) is 0.955. The number of anilines is 1. The molecule has 0 aliphatic carbocycles. The average Bonchev–Trinajstić information content (AvgIpc) is 2.42. The molecule has 0 aromatic heterocycles. The third-order valence-corrected chi connectivity index (χ3v) is 2.44.